The Bertz CT molecular complexity index is 1220. The largest absolute Gasteiger partial charge is 0.352 e. The van der Waals surface area contributed by atoms with Gasteiger partial charge in [0.1, 0.15) is 17.5 Å². The quantitative estimate of drug-likeness (QED) is 0.633. The third-order valence-electron chi connectivity index (χ3n) is 6.78. The number of nitrogens with zero attached hydrogens (tertiary/aromatic N) is 2. The average Bonchev–Trinajstić information content (AvgIpc) is 3.04. The molecule has 1 heterocycles. The van der Waals surface area contributed by atoms with Crippen molar-refractivity contribution in [3.63, 3.8) is 0 Å². The van der Waals surface area contributed by atoms with Gasteiger partial charge in [-0.15, -0.1) is 0 Å². The lowest BCUT2D eigenvalue weighted by Gasteiger charge is -2.32. The van der Waals surface area contributed by atoms with Crippen LogP contribution in [0.3, 0.4) is 0 Å². The van der Waals surface area contributed by atoms with E-state index in [1.807, 2.05) is 31.2 Å². The lowest BCUT2D eigenvalue weighted by atomic mass is 9.95. The van der Waals surface area contributed by atoms with E-state index < -0.39 is 34.4 Å². The van der Waals surface area contributed by atoms with E-state index in [-0.39, 0.29) is 29.0 Å². The van der Waals surface area contributed by atoms with Gasteiger partial charge in [-0.25, -0.2) is 12.7 Å². The molecule has 2 aromatic carbocycles. The van der Waals surface area contributed by atoms with Gasteiger partial charge >= 0.3 is 0 Å². The Hall–Kier alpha value is -3.20. The number of hydrogen-bond acceptors (Lipinski definition) is 5. The fraction of sp³-hybridized carbons (Fsp3) is 0.423. The summed E-state index contributed by atoms with van der Waals surface area (Å²) in [6.45, 7) is 3.05. The first-order valence-corrected chi connectivity index (χ1v) is 13.4. The highest BCUT2D eigenvalue weighted by molar-refractivity contribution is 7.90. The van der Waals surface area contributed by atoms with Crippen LogP contribution in [0.15, 0.2) is 53.4 Å². The number of hydrogen-bond donors (Lipinski definition) is 1. The minimum atomic E-state index is -4.14. The molecule has 1 N–H and O–H groups in total. The average molecular weight is 498 g/mol. The summed E-state index contributed by atoms with van der Waals surface area (Å²) >= 11 is 0. The Labute approximate surface area is 206 Å². The third kappa shape index (κ3) is 5.24. The fourth-order valence-electron chi connectivity index (χ4n) is 4.64. The second-order valence-corrected chi connectivity index (χ2v) is 11.2. The van der Waals surface area contributed by atoms with Gasteiger partial charge in [-0.2, -0.15) is 0 Å². The molecular weight excluding hydrogens is 466 g/mol. The molecule has 2 aliphatic rings. The molecule has 35 heavy (non-hydrogen) atoms. The zero-order chi connectivity index (χ0) is 25.2. The second kappa shape index (κ2) is 10.2. The molecule has 1 saturated carbocycles. The topological polar surface area (TPSA) is 104 Å². The normalized spacial score (nSPS) is 18.1. The summed E-state index contributed by atoms with van der Waals surface area (Å²) in [5, 5.41) is 3.05. The van der Waals surface area contributed by atoms with Crippen LogP contribution in [-0.2, 0) is 26.2 Å². The Morgan fingerprint density at radius 1 is 1.06 bits per heavy atom. The first kappa shape index (κ1) is 24.9. The lowest BCUT2D eigenvalue weighted by Crippen LogP contribution is -2.52. The van der Waals surface area contributed by atoms with Crippen LogP contribution in [-0.4, -0.2) is 54.0 Å². The van der Waals surface area contributed by atoms with Crippen molar-refractivity contribution in [1.29, 1.82) is 0 Å². The molecule has 1 aliphatic heterocycles. The Kier molecular flexibility index (Phi) is 7.25. The molecule has 8 nitrogen and oxygen atoms in total. The van der Waals surface area contributed by atoms with Crippen molar-refractivity contribution in [2.45, 2.75) is 69.5 Å². The van der Waals surface area contributed by atoms with Gasteiger partial charge in [-0.3, -0.25) is 14.4 Å². The van der Waals surface area contributed by atoms with Crippen LogP contribution in [0.5, 0.6) is 0 Å². The number of benzene rings is 2. The Morgan fingerprint density at radius 3 is 2.37 bits per heavy atom. The van der Waals surface area contributed by atoms with Gasteiger partial charge in [0.25, 0.3) is 15.9 Å². The molecular formula is C26H31N3O5S. The molecule has 0 spiro atoms. The van der Waals surface area contributed by atoms with Crippen molar-refractivity contribution >= 4 is 27.7 Å². The van der Waals surface area contributed by atoms with Crippen molar-refractivity contribution in [3.8, 4) is 0 Å². The highest BCUT2D eigenvalue weighted by atomic mass is 32.2. The molecule has 0 bridgehead atoms. The van der Waals surface area contributed by atoms with Crippen LogP contribution >= 0.6 is 0 Å². The maximum Gasteiger partial charge on any atom is 0.269 e. The molecule has 186 valence electrons. The van der Waals surface area contributed by atoms with Crippen LogP contribution in [0.4, 0.5) is 0 Å². The zero-order valence-electron chi connectivity index (χ0n) is 20.1. The molecule has 0 aromatic heterocycles. The van der Waals surface area contributed by atoms with Gasteiger partial charge in [0.2, 0.25) is 11.8 Å². The Balaban J connectivity index is 1.56. The first-order chi connectivity index (χ1) is 16.7. The number of sulfonamides is 1. The molecule has 0 saturated heterocycles. The standard InChI is InChI=1S/C26H31N3O5S/c1-18-12-14-20(15-13-18)16-28(19(2)25(31)27-21-8-4-3-5-9-21)24(30)17-29-26(32)22-10-6-7-11-23(22)35(29,33)34/h6-7,10-15,19,21H,3-5,8-9,16-17H2,1-2H3,(H,27,31)/t19-/m0/s1. The number of carbonyl (C=O) groups excluding carboxylic acids is 3. The van der Waals surface area contributed by atoms with Gasteiger partial charge in [0.05, 0.1) is 5.56 Å². The maximum absolute atomic E-state index is 13.5. The van der Waals surface area contributed by atoms with Crippen molar-refractivity contribution < 1.29 is 22.8 Å². The molecule has 4 rings (SSSR count). The van der Waals surface area contributed by atoms with Gasteiger partial charge in [-0.05, 0) is 44.4 Å². The van der Waals surface area contributed by atoms with Crippen LogP contribution in [0.1, 0.15) is 60.5 Å². The van der Waals surface area contributed by atoms with Gasteiger partial charge in [0.15, 0.2) is 0 Å². The maximum atomic E-state index is 13.5. The predicted molar refractivity (Wildman–Crippen MR) is 131 cm³/mol. The molecule has 0 unspecified atom stereocenters. The summed E-state index contributed by atoms with van der Waals surface area (Å²) < 4.78 is 26.5. The smallest absolute Gasteiger partial charge is 0.269 e. The van der Waals surface area contributed by atoms with E-state index in [2.05, 4.69) is 5.32 Å². The summed E-state index contributed by atoms with van der Waals surface area (Å²) in [5.41, 5.74) is 1.91. The van der Waals surface area contributed by atoms with E-state index in [9.17, 15) is 22.8 Å². The Morgan fingerprint density at radius 2 is 1.71 bits per heavy atom. The van der Waals surface area contributed by atoms with Gasteiger partial charge < -0.3 is 10.2 Å². The summed E-state index contributed by atoms with van der Waals surface area (Å²) in [5.74, 6) is -1.62. The number of rotatable bonds is 7. The van der Waals surface area contributed by atoms with Gasteiger partial charge in [0, 0.05) is 12.6 Å². The van der Waals surface area contributed by atoms with Crippen LogP contribution in [0.2, 0.25) is 0 Å². The third-order valence-corrected chi connectivity index (χ3v) is 8.57. The van der Waals surface area contributed by atoms with E-state index in [4.69, 9.17) is 0 Å². The number of nitrogens with one attached hydrogen (secondary N) is 1. The molecule has 1 fully saturated rings. The predicted octanol–water partition coefficient (Wildman–Crippen LogP) is 3.01. The molecule has 9 heteroatoms. The first-order valence-electron chi connectivity index (χ1n) is 12.0. The van der Waals surface area contributed by atoms with E-state index in [1.54, 1.807) is 13.0 Å². The van der Waals surface area contributed by atoms with Crippen LogP contribution in [0.25, 0.3) is 0 Å². The lowest BCUT2D eigenvalue weighted by molar-refractivity contribution is -0.140. The SMILES string of the molecule is Cc1ccc(CN(C(=O)CN2C(=O)c3ccccc3S2(=O)=O)[C@@H](C)C(=O)NC2CCCCC2)cc1. The summed E-state index contributed by atoms with van der Waals surface area (Å²) in [6, 6.07) is 12.7. The monoisotopic (exact) mass is 497 g/mol. The van der Waals surface area contributed by atoms with Crippen LogP contribution in [0, 0.1) is 6.92 Å². The molecule has 0 radical (unpaired) electrons. The molecule has 1 aliphatic carbocycles. The number of fused-ring (bicyclic) bond motifs is 1. The highest BCUT2D eigenvalue weighted by Crippen LogP contribution is 2.30. The highest BCUT2D eigenvalue weighted by Gasteiger charge is 2.43. The summed E-state index contributed by atoms with van der Waals surface area (Å²) in [6.07, 6.45) is 5.08. The number of carbonyl (C=O) groups is 3. The second-order valence-electron chi connectivity index (χ2n) is 9.34. The number of amides is 3. The van der Waals surface area contributed by atoms with Crippen LogP contribution < -0.4 is 5.32 Å². The van der Waals surface area contributed by atoms with Crippen molar-refractivity contribution in [2.24, 2.45) is 0 Å². The van der Waals surface area contributed by atoms with E-state index in [0.29, 0.717) is 4.31 Å². The molecule has 2 aromatic rings. The minimum absolute atomic E-state index is 0.0495. The molecule has 1 atom stereocenters. The van der Waals surface area contributed by atoms with Gasteiger partial charge in [-0.1, -0.05) is 61.2 Å². The van der Waals surface area contributed by atoms with E-state index >= 15 is 0 Å². The molecule has 3 amide bonds. The summed E-state index contributed by atoms with van der Waals surface area (Å²) in [4.78, 5) is 40.7. The van der Waals surface area contributed by atoms with E-state index in [1.165, 1.54) is 23.1 Å². The zero-order valence-corrected chi connectivity index (χ0v) is 20.9. The van der Waals surface area contributed by atoms with Crippen molar-refractivity contribution in [2.75, 3.05) is 6.54 Å². The van der Waals surface area contributed by atoms with E-state index in [0.717, 1.165) is 43.2 Å². The summed E-state index contributed by atoms with van der Waals surface area (Å²) in [7, 11) is -4.14. The number of aryl methyl sites for hydroxylation is 1. The fourth-order valence-corrected chi connectivity index (χ4v) is 6.16. The minimum Gasteiger partial charge on any atom is -0.352 e. The van der Waals surface area contributed by atoms with Crippen molar-refractivity contribution in [3.05, 3.63) is 65.2 Å². The van der Waals surface area contributed by atoms with Crippen molar-refractivity contribution in [1.82, 2.24) is 14.5 Å².